The number of hydrazone groups is 1. The molecular weight excluding hydrogens is 316 g/mol. The van der Waals surface area contributed by atoms with Gasteiger partial charge in [0.05, 0.1) is 15.8 Å². The van der Waals surface area contributed by atoms with Crippen molar-refractivity contribution in [1.82, 2.24) is 5.01 Å². The molecule has 1 aromatic rings. The molecule has 2 heterocycles. The number of nitrogens with zero attached hydrogens (tertiary/aromatic N) is 2. The van der Waals surface area contributed by atoms with Gasteiger partial charge in [-0.3, -0.25) is 4.79 Å². The van der Waals surface area contributed by atoms with Crippen molar-refractivity contribution in [2.24, 2.45) is 5.10 Å². The molecule has 0 spiro atoms. The maximum absolute atomic E-state index is 11.3. The maximum Gasteiger partial charge on any atom is 0.259 e. The summed E-state index contributed by atoms with van der Waals surface area (Å²) in [4.78, 5) is 12.3. The highest BCUT2D eigenvalue weighted by Crippen LogP contribution is 2.22. The summed E-state index contributed by atoms with van der Waals surface area (Å²) >= 11 is 11.2. The number of hydrogen-bond acceptors (Lipinski definition) is 5. The van der Waals surface area contributed by atoms with Gasteiger partial charge < -0.3 is 0 Å². The van der Waals surface area contributed by atoms with E-state index in [4.69, 9.17) is 12.2 Å². The molecule has 78 valence electrons. The summed E-state index contributed by atoms with van der Waals surface area (Å²) in [6.07, 6.45) is 1.64. The third-order valence-corrected chi connectivity index (χ3v) is 4.52. The number of thioether (sulfide) groups is 1. The van der Waals surface area contributed by atoms with Gasteiger partial charge >= 0.3 is 0 Å². The Hall–Kier alpha value is -0.240. The van der Waals surface area contributed by atoms with Crippen LogP contribution in [0.25, 0.3) is 0 Å². The lowest BCUT2D eigenvalue weighted by Crippen LogP contribution is -2.22. The summed E-state index contributed by atoms with van der Waals surface area (Å²) < 4.78 is 1.56. The third-order valence-electron chi connectivity index (χ3n) is 1.62. The summed E-state index contributed by atoms with van der Waals surface area (Å²) in [6.45, 7) is 0. The van der Waals surface area contributed by atoms with E-state index in [0.29, 0.717) is 10.1 Å². The molecule has 15 heavy (non-hydrogen) atoms. The van der Waals surface area contributed by atoms with Gasteiger partial charge in [-0.05, 0) is 28.1 Å². The fourth-order valence-electron chi connectivity index (χ4n) is 0.971. The molecule has 0 bridgehead atoms. The largest absolute Gasteiger partial charge is 0.272 e. The second-order valence-electron chi connectivity index (χ2n) is 2.65. The molecule has 1 saturated heterocycles. The van der Waals surface area contributed by atoms with Crippen LogP contribution < -0.4 is 0 Å². The molecule has 0 saturated carbocycles. The third kappa shape index (κ3) is 2.66. The summed E-state index contributed by atoms with van der Waals surface area (Å²) in [7, 11) is 0. The lowest BCUT2D eigenvalue weighted by Gasteiger charge is -2.05. The van der Waals surface area contributed by atoms with E-state index in [1.165, 1.54) is 16.8 Å². The molecule has 1 fully saturated rings. The Kier molecular flexibility index (Phi) is 3.55. The number of rotatable bonds is 2. The lowest BCUT2D eigenvalue weighted by molar-refractivity contribution is -0.123. The molecule has 3 nitrogen and oxygen atoms in total. The molecular formula is C8H5BrN2OS3. The summed E-state index contributed by atoms with van der Waals surface area (Å²) in [5, 5.41) is 5.33. The van der Waals surface area contributed by atoms with Gasteiger partial charge in [0.2, 0.25) is 0 Å². The zero-order chi connectivity index (χ0) is 10.8. The highest BCUT2D eigenvalue weighted by molar-refractivity contribution is 9.11. The van der Waals surface area contributed by atoms with Crippen LogP contribution >= 0.6 is 51.2 Å². The van der Waals surface area contributed by atoms with Crippen LogP contribution in [0.1, 0.15) is 4.88 Å². The Labute approximate surface area is 109 Å². The van der Waals surface area contributed by atoms with Crippen molar-refractivity contribution >= 4 is 67.7 Å². The summed E-state index contributed by atoms with van der Waals surface area (Å²) in [5.74, 6) is 0.335. The van der Waals surface area contributed by atoms with Gasteiger partial charge in [0, 0.05) is 4.88 Å². The SMILES string of the molecule is O=C1CSC(=S)N1/N=C/c1ccc(Br)s1. The van der Waals surface area contributed by atoms with Crippen LogP contribution in [0, 0.1) is 0 Å². The van der Waals surface area contributed by atoms with Crippen LogP contribution in [-0.4, -0.2) is 27.2 Å². The van der Waals surface area contributed by atoms with Crippen molar-refractivity contribution < 1.29 is 4.79 Å². The number of carbonyl (C=O) groups is 1. The number of amides is 1. The highest BCUT2D eigenvalue weighted by Gasteiger charge is 2.25. The zero-order valence-electron chi connectivity index (χ0n) is 7.34. The molecule has 0 N–H and O–H groups in total. The predicted octanol–water partition coefficient (Wildman–Crippen LogP) is 2.70. The molecule has 0 atom stereocenters. The van der Waals surface area contributed by atoms with Gasteiger partial charge in [-0.2, -0.15) is 10.1 Å². The van der Waals surface area contributed by atoms with Crippen LogP contribution in [0.3, 0.4) is 0 Å². The van der Waals surface area contributed by atoms with Crippen molar-refractivity contribution in [2.45, 2.75) is 0 Å². The fraction of sp³-hybridized carbons (Fsp3) is 0.125. The first kappa shape index (κ1) is 11.3. The zero-order valence-corrected chi connectivity index (χ0v) is 11.4. The van der Waals surface area contributed by atoms with E-state index in [1.54, 1.807) is 17.6 Å². The van der Waals surface area contributed by atoms with Crippen molar-refractivity contribution in [3.63, 3.8) is 0 Å². The molecule has 0 radical (unpaired) electrons. The monoisotopic (exact) mass is 320 g/mol. The Balaban J connectivity index is 2.11. The van der Waals surface area contributed by atoms with E-state index in [2.05, 4.69) is 21.0 Å². The Morgan fingerprint density at radius 1 is 1.60 bits per heavy atom. The Morgan fingerprint density at radius 2 is 2.40 bits per heavy atom. The van der Waals surface area contributed by atoms with Crippen molar-refractivity contribution in [3.05, 3.63) is 20.8 Å². The van der Waals surface area contributed by atoms with Gasteiger partial charge in [-0.25, -0.2) is 0 Å². The van der Waals surface area contributed by atoms with E-state index >= 15 is 0 Å². The van der Waals surface area contributed by atoms with E-state index in [-0.39, 0.29) is 5.91 Å². The topological polar surface area (TPSA) is 32.7 Å². The fourth-order valence-corrected chi connectivity index (χ4v) is 3.23. The van der Waals surface area contributed by atoms with Crippen LogP contribution in [0.15, 0.2) is 21.0 Å². The Bertz CT molecular complexity index is 427. The van der Waals surface area contributed by atoms with E-state index in [0.717, 1.165) is 8.66 Å². The van der Waals surface area contributed by atoms with E-state index in [9.17, 15) is 4.79 Å². The molecule has 0 aliphatic carbocycles. The van der Waals surface area contributed by atoms with Gasteiger partial charge in [0.1, 0.15) is 0 Å². The van der Waals surface area contributed by atoms with Gasteiger partial charge in [-0.1, -0.05) is 24.0 Å². The quantitative estimate of drug-likeness (QED) is 0.620. The van der Waals surface area contributed by atoms with Crippen molar-refractivity contribution in [3.8, 4) is 0 Å². The van der Waals surface area contributed by atoms with Gasteiger partial charge in [0.25, 0.3) is 5.91 Å². The molecule has 1 aromatic heterocycles. The molecule has 1 amide bonds. The van der Waals surface area contributed by atoms with Crippen LogP contribution in [0.5, 0.6) is 0 Å². The van der Waals surface area contributed by atoms with Crippen LogP contribution in [-0.2, 0) is 4.79 Å². The maximum atomic E-state index is 11.3. The first-order chi connectivity index (χ1) is 7.16. The standard InChI is InChI=1S/C8H5BrN2OS3/c9-6-2-1-5(15-6)3-10-11-7(12)4-14-8(11)13/h1-3H,4H2/b10-3+. The van der Waals surface area contributed by atoms with Gasteiger partial charge in [0.15, 0.2) is 4.32 Å². The number of carbonyl (C=O) groups excluding carboxylic acids is 1. The van der Waals surface area contributed by atoms with Crippen molar-refractivity contribution in [2.75, 3.05) is 5.75 Å². The number of thiocarbonyl (C=S) groups is 1. The summed E-state index contributed by atoms with van der Waals surface area (Å²) in [5.41, 5.74) is 0. The number of thiophene rings is 1. The van der Waals surface area contributed by atoms with Crippen LogP contribution in [0.4, 0.5) is 0 Å². The Morgan fingerprint density at radius 3 is 2.93 bits per heavy atom. The average Bonchev–Trinajstić information content (AvgIpc) is 2.73. The first-order valence-electron chi connectivity index (χ1n) is 3.96. The second-order valence-corrected chi connectivity index (χ2v) is 6.75. The van der Waals surface area contributed by atoms with E-state index < -0.39 is 0 Å². The minimum absolute atomic E-state index is 0.0585. The number of halogens is 1. The predicted molar refractivity (Wildman–Crippen MR) is 71.5 cm³/mol. The first-order valence-corrected chi connectivity index (χ1v) is 6.96. The smallest absolute Gasteiger partial charge is 0.259 e. The minimum atomic E-state index is -0.0585. The molecule has 0 unspecified atom stereocenters. The van der Waals surface area contributed by atoms with Gasteiger partial charge in [-0.15, -0.1) is 11.3 Å². The average molecular weight is 321 g/mol. The molecule has 0 aromatic carbocycles. The number of hydrogen-bond donors (Lipinski definition) is 0. The molecule has 2 rings (SSSR count). The lowest BCUT2D eigenvalue weighted by atomic mass is 10.5. The summed E-state index contributed by atoms with van der Waals surface area (Å²) in [6, 6.07) is 3.86. The normalized spacial score (nSPS) is 17.0. The van der Waals surface area contributed by atoms with Crippen molar-refractivity contribution in [1.29, 1.82) is 0 Å². The van der Waals surface area contributed by atoms with Crippen LogP contribution in [0.2, 0.25) is 0 Å². The van der Waals surface area contributed by atoms with E-state index in [1.807, 2.05) is 12.1 Å². The molecule has 7 heteroatoms. The highest BCUT2D eigenvalue weighted by atomic mass is 79.9. The second kappa shape index (κ2) is 4.73. The molecule has 1 aliphatic heterocycles. The molecule has 1 aliphatic rings. The minimum Gasteiger partial charge on any atom is -0.272 e.